The van der Waals surface area contributed by atoms with E-state index in [0.717, 1.165) is 34.1 Å². The summed E-state index contributed by atoms with van der Waals surface area (Å²) in [5.41, 5.74) is 2.10. The number of halogens is 1. The van der Waals surface area contributed by atoms with Gasteiger partial charge in [0.25, 0.3) is 0 Å². The molecule has 1 unspecified atom stereocenters. The zero-order chi connectivity index (χ0) is 13.9. The van der Waals surface area contributed by atoms with Gasteiger partial charge in [-0.15, -0.1) is 0 Å². The van der Waals surface area contributed by atoms with Crippen molar-refractivity contribution >= 4 is 28.2 Å². The first-order chi connectivity index (χ1) is 9.72. The Hall–Kier alpha value is -1.32. The zero-order valence-electron chi connectivity index (χ0n) is 11.8. The third-order valence-electron chi connectivity index (χ3n) is 4.01. The van der Waals surface area contributed by atoms with E-state index in [9.17, 15) is 0 Å². The van der Waals surface area contributed by atoms with Crippen LogP contribution < -0.4 is 5.32 Å². The molecule has 4 heteroatoms. The summed E-state index contributed by atoms with van der Waals surface area (Å²) in [6.45, 7) is 3.43. The lowest BCUT2D eigenvalue weighted by Crippen LogP contribution is -2.35. The SMILES string of the molecule is CN1CCCC(CNc2ccnc3cc(Cl)ccc23)C1. The molecule has 1 N–H and O–H groups in total. The number of pyridine rings is 1. The van der Waals surface area contributed by atoms with Gasteiger partial charge in [0.05, 0.1) is 5.52 Å². The predicted octanol–water partition coefficient (Wildman–Crippen LogP) is 3.64. The molecule has 2 aromatic rings. The number of hydrogen-bond donors (Lipinski definition) is 1. The van der Waals surface area contributed by atoms with Crippen LogP contribution in [0.5, 0.6) is 0 Å². The first kappa shape index (κ1) is 13.7. The minimum Gasteiger partial charge on any atom is -0.384 e. The minimum absolute atomic E-state index is 0.726. The summed E-state index contributed by atoms with van der Waals surface area (Å²) < 4.78 is 0. The lowest BCUT2D eigenvalue weighted by Gasteiger charge is -2.30. The summed E-state index contributed by atoms with van der Waals surface area (Å²) in [5, 5.41) is 5.46. The van der Waals surface area contributed by atoms with Crippen molar-refractivity contribution in [2.24, 2.45) is 5.92 Å². The fraction of sp³-hybridized carbons (Fsp3) is 0.438. The van der Waals surface area contributed by atoms with E-state index >= 15 is 0 Å². The van der Waals surface area contributed by atoms with E-state index in [1.807, 2.05) is 30.5 Å². The summed E-state index contributed by atoms with van der Waals surface area (Å²) >= 11 is 6.02. The molecule has 0 saturated carbocycles. The number of likely N-dealkylation sites (tertiary alicyclic amines) is 1. The highest BCUT2D eigenvalue weighted by Crippen LogP contribution is 2.25. The van der Waals surface area contributed by atoms with E-state index in [-0.39, 0.29) is 0 Å². The maximum atomic E-state index is 6.02. The lowest BCUT2D eigenvalue weighted by atomic mass is 9.98. The first-order valence-corrected chi connectivity index (χ1v) is 7.57. The van der Waals surface area contributed by atoms with Crippen molar-refractivity contribution in [3.63, 3.8) is 0 Å². The molecule has 1 aliphatic heterocycles. The van der Waals surface area contributed by atoms with Gasteiger partial charge in [0.2, 0.25) is 0 Å². The van der Waals surface area contributed by atoms with Crippen LogP contribution in [0.4, 0.5) is 5.69 Å². The Bertz CT molecular complexity index is 599. The average Bonchev–Trinajstić information content (AvgIpc) is 2.44. The molecular weight excluding hydrogens is 270 g/mol. The number of nitrogens with one attached hydrogen (secondary N) is 1. The molecule has 106 valence electrons. The van der Waals surface area contributed by atoms with Crippen LogP contribution in [0.25, 0.3) is 10.9 Å². The standard InChI is InChI=1S/C16H20ClN3/c1-20-8-2-3-12(11-20)10-19-15-6-7-18-16-9-13(17)4-5-14(15)16/h4-7,9,12H,2-3,8,10-11H2,1H3,(H,18,19). The Morgan fingerprint density at radius 1 is 1.40 bits per heavy atom. The summed E-state index contributed by atoms with van der Waals surface area (Å²) in [5.74, 6) is 0.726. The fourth-order valence-electron chi connectivity index (χ4n) is 2.97. The average molecular weight is 290 g/mol. The Morgan fingerprint density at radius 2 is 2.30 bits per heavy atom. The molecule has 1 aromatic heterocycles. The van der Waals surface area contributed by atoms with E-state index in [0.29, 0.717) is 0 Å². The maximum Gasteiger partial charge on any atom is 0.0737 e. The van der Waals surface area contributed by atoms with Gasteiger partial charge < -0.3 is 10.2 Å². The van der Waals surface area contributed by atoms with Crippen LogP contribution in [0.1, 0.15) is 12.8 Å². The minimum atomic E-state index is 0.726. The Kier molecular flexibility index (Phi) is 4.08. The van der Waals surface area contributed by atoms with Crippen LogP contribution >= 0.6 is 11.6 Å². The number of fused-ring (bicyclic) bond motifs is 1. The smallest absolute Gasteiger partial charge is 0.0737 e. The number of nitrogens with zero attached hydrogens (tertiary/aromatic N) is 2. The zero-order valence-corrected chi connectivity index (χ0v) is 12.5. The molecule has 1 saturated heterocycles. The number of aromatic nitrogens is 1. The molecule has 20 heavy (non-hydrogen) atoms. The molecule has 2 heterocycles. The maximum absolute atomic E-state index is 6.02. The van der Waals surface area contributed by atoms with Crippen LogP contribution in [-0.4, -0.2) is 36.6 Å². The van der Waals surface area contributed by atoms with Crippen molar-refractivity contribution < 1.29 is 0 Å². The van der Waals surface area contributed by atoms with Crippen LogP contribution in [0, 0.1) is 5.92 Å². The van der Waals surface area contributed by atoms with Crippen molar-refractivity contribution in [3.8, 4) is 0 Å². The summed E-state index contributed by atoms with van der Waals surface area (Å²) in [6, 6.07) is 7.92. The number of rotatable bonds is 3. The van der Waals surface area contributed by atoms with Gasteiger partial charge in [-0.3, -0.25) is 4.98 Å². The molecule has 1 aliphatic rings. The highest BCUT2D eigenvalue weighted by atomic mass is 35.5. The number of hydrogen-bond acceptors (Lipinski definition) is 3. The molecule has 0 aliphatic carbocycles. The van der Waals surface area contributed by atoms with Gasteiger partial charge in [-0.2, -0.15) is 0 Å². The largest absolute Gasteiger partial charge is 0.384 e. The van der Waals surface area contributed by atoms with E-state index in [2.05, 4.69) is 22.2 Å². The van der Waals surface area contributed by atoms with Crippen LogP contribution in [0.2, 0.25) is 5.02 Å². The number of piperidine rings is 1. The van der Waals surface area contributed by atoms with Crippen LogP contribution in [-0.2, 0) is 0 Å². The molecule has 0 amide bonds. The highest BCUT2D eigenvalue weighted by Gasteiger charge is 2.17. The first-order valence-electron chi connectivity index (χ1n) is 7.19. The summed E-state index contributed by atoms with van der Waals surface area (Å²) in [4.78, 5) is 6.79. The topological polar surface area (TPSA) is 28.2 Å². The Labute approximate surface area is 124 Å². The van der Waals surface area contributed by atoms with Crippen LogP contribution in [0.15, 0.2) is 30.5 Å². The van der Waals surface area contributed by atoms with Crippen LogP contribution in [0.3, 0.4) is 0 Å². The van der Waals surface area contributed by atoms with Crippen molar-refractivity contribution in [2.75, 3.05) is 32.0 Å². The van der Waals surface area contributed by atoms with Gasteiger partial charge in [-0.05, 0) is 56.6 Å². The molecular formula is C16H20ClN3. The second-order valence-corrected chi connectivity index (χ2v) is 6.11. The van der Waals surface area contributed by atoms with Crippen molar-refractivity contribution in [1.82, 2.24) is 9.88 Å². The Morgan fingerprint density at radius 3 is 3.15 bits per heavy atom. The molecule has 0 radical (unpaired) electrons. The number of anilines is 1. The molecule has 3 nitrogen and oxygen atoms in total. The van der Waals surface area contributed by atoms with Gasteiger partial charge in [-0.25, -0.2) is 0 Å². The summed E-state index contributed by atoms with van der Waals surface area (Å²) in [6.07, 6.45) is 4.45. The van der Waals surface area contributed by atoms with Gasteiger partial charge >= 0.3 is 0 Å². The quantitative estimate of drug-likeness (QED) is 0.935. The van der Waals surface area contributed by atoms with Crippen molar-refractivity contribution in [1.29, 1.82) is 0 Å². The third kappa shape index (κ3) is 3.05. The Balaban J connectivity index is 1.74. The molecule has 1 aromatic carbocycles. The third-order valence-corrected chi connectivity index (χ3v) is 4.24. The predicted molar refractivity (Wildman–Crippen MR) is 85.5 cm³/mol. The highest BCUT2D eigenvalue weighted by molar-refractivity contribution is 6.31. The van der Waals surface area contributed by atoms with E-state index in [1.165, 1.54) is 25.9 Å². The van der Waals surface area contributed by atoms with Gasteiger partial charge in [0.15, 0.2) is 0 Å². The molecule has 1 fully saturated rings. The molecule has 0 bridgehead atoms. The normalized spacial score (nSPS) is 20.2. The fourth-order valence-corrected chi connectivity index (χ4v) is 3.14. The van der Waals surface area contributed by atoms with Gasteiger partial charge in [-0.1, -0.05) is 11.6 Å². The van der Waals surface area contributed by atoms with Crippen molar-refractivity contribution in [2.45, 2.75) is 12.8 Å². The van der Waals surface area contributed by atoms with Gasteiger partial charge in [0, 0.05) is 35.4 Å². The summed E-state index contributed by atoms with van der Waals surface area (Å²) in [7, 11) is 2.20. The number of benzene rings is 1. The van der Waals surface area contributed by atoms with E-state index in [4.69, 9.17) is 11.6 Å². The van der Waals surface area contributed by atoms with Gasteiger partial charge in [0.1, 0.15) is 0 Å². The monoisotopic (exact) mass is 289 g/mol. The molecule has 1 atom stereocenters. The van der Waals surface area contributed by atoms with E-state index in [1.54, 1.807) is 0 Å². The second-order valence-electron chi connectivity index (χ2n) is 5.67. The van der Waals surface area contributed by atoms with Crippen molar-refractivity contribution in [3.05, 3.63) is 35.5 Å². The lowest BCUT2D eigenvalue weighted by molar-refractivity contribution is 0.217. The second kappa shape index (κ2) is 5.98. The van der Waals surface area contributed by atoms with E-state index < -0.39 is 0 Å². The molecule has 0 spiro atoms. The molecule has 3 rings (SSSR count).